The summed E-state index contributed by atoms with van der Waals surface area (Å²) < 4.78 is 0. The highest BCUT2D eigenvalue weighted by Crippen LogP contribution is 2.72. The highest BCUT2D eigenvalue weighted by molar-refractivity contribution is 5.33. The predicted molar refractivity (Wildman–Crippen MR) is 124 cm³/mol. The maximum atomic E-state index is 10.4. The summed E-state index contributed by atoms with van der Waals surface area (Å²) in [5.41, 5.74) is -0.366. The molecule has 3 nitrogen and oxygen atoms in total. The van der Waals surface area contributed by atoms with Gasteiger partial charge in [0.15, 0.2) is 0 Å². The Morgan fingerprint density at radius 3 is 2.35 bits per heavy atom. The first-order chi connectivity index (χ1) is 14.6. The van der Waals surface area contributed by atoms with Crippen LogP contribution < -0.4 is 0 Å². The van der Waals surface area contributed by atoms with E-state index in [9.17, 15) is 5.11 Å². The van der Waals surface area contributed by atoms with E-state index < -0.39 is 5.60 Å². The zero-order valence-electron chi connectivity index (χ0n) is 20.6. The highest BCUT2D eigenvalue weighted by Gasteiger charge is 2.74. The molecule has 2 spiro atoms. The molecule has 1 unspecified atom stereocenters. The Kier molecular flexibility index (Phi) is 5.13. The maximum absolute atomic E-state index is 10.4. The van der Waals surface area contributed by atoms with E-state index in [1.807, 2.05) is 0 Å². The fraction of sp³-hybridized carbons (Fsp3) is 0.857. The van der Waals surface area contributed by atoms with E-state index in [1.54, 1.807) is 0 Å². The number of aliphatic hydroxyl groups is 1. The second-order valence-electron chi connectivity index (χ2n) is 12.7. The second kappa shape index (κ2) is 7.18. The molecule has 6 rings (SSSR count). The van der Waals surface area contributed by atoms with Crippen molar-refractivity contribution < 1.29 is 14.9 Å². The third kappa shape index (κ3) is 2.88. The summed E-state index contributed by atoms with van der Waals surface area (Å²) in [7, 11) is 0. The molecule has 6 aliphatic rings. The minimum Gasteiger partial charge on any atom is -0.393 e. The molecule has 0 aromatic heterocycles. The van der Waals surface area contributed by atoms with Crippen LogP contribution in [0.2, 0.25) is 0 Å². The molecule has 2 bridgehead atoms. The average molecular weight is 429 g/mol. The van der Waals surface area contributed by atoms with Crippen LogP contribution in [0, 0.1) is 46.3 Å². The Morgan fingerprint density at radius 2 is 1.68 bits per heavy atom. The molecular weight excluding hydrogens is 384 g/mol. The van der Waals surface area contributed by atoms with Crippen molar-refractivity contribution in [3.05, 3.63) is 24.3 Å². The van der Waals surface area contributed by atoms with Crippen molar-refractivity contribution in [2.24, 2.45) is 46.3 Å². The monoisotopic (exact) mass is 428 g/mol. The zero-order chi connectivity index (χ0) is 22.2. The molecule has 0 aromatic carbocycles. The normalized spacial score (nSPS) is 52.8. The Hall–Kier alpha value is -0.640. The third-order valence-electron chi connectivity index (χ3n) is 11.1. The summed E-state index contributed by atoms with van der Waals surface area (Å²) >= 11 is 0. The molecular formula is C28H44O3. The maximum Gasteiger partial charge on any atom is 0.130 e. The van der Waals surface area contributed by atoms with Gasteiger partial charge in [-0.25, -0.2) is 9.78 Å². The van der Waals surface area contributed by atoms with E-state index in [1.165, 1.54) is 25.7 Å². The molecule has 1 saturated heterocycles. The van der Waals surface area contributed by atoms with Gasteiger partial charge in [0.25, 0.3) is 0 Å². The SMILES string of the molecule is CC(C)C(C)/C=C/[C@@H](C)[C@H]1CC[C@@H]2[C@]1(C)CC[C@H]1[C@]23C=C[C@]2(C[C@@H](O)CC[C@]12C)OO3. The number of fused-ring (bicyclic) bond motifs is 2. The fourth-order valence-corrected chi connectivity index (χ4v) is 8.71. The van der Waals surface area contributed by atoms with Gasteiger partial charge in [-0.3, -0.25) is 0 Å². The van der Waals surface area contributed by atoms with E-state index in [0.717, 1.165) is 12.8 Å². The van der Waals surface area contributed by atoms with Crippen molar-refractivity contribution >= 4 is 0 Å². The molecule has 174 valence electrons. The number of aliphatic hydroxyl groups excluding tert-OH is 1. The first-order valence-electron chi connectivity index (χ1n) is 13.0. The first-order valence-corrected chi connectivity index (χ1v) is 13.0. The lowest BCUT2D eigenvalue weighted by atomic mass is 9.43. The van der Waals surface area contributed by atoms with Crippen LogP contribution in [-0.4, -0.2) is 22.4 Å². The summed E-state index contributed by atoms with van der Waals surface area (Å²) in [4.78, 5) is 12.8. The van der Waals surface area contributed by atoms with Crippen LogP contribution >= 0.6 is 0 Å². The molecule has 3 heteroatoms. The fourth-order valence-electron chi connectivity index (χ4n) is 8.71. The van der Waals surface area contributed by atoms with Crippen molar-refractivity contribution in [3.8, 4) is 0 Å². The molecule has 10 atom stereocenters. The number of hydrogen-bond donors (Lipinski definition) is 1. The Morgan fingerprint density at radius 1 is 0.903 bits per heavy atom. The Bertz CT molecular complexity index is 772. The smallest absolute Gasteiger partial charge is 0.130 e. The minimum atomic E-state index is -0.439. The lowest BCUT2D eigenvalue weighted by molar-refractivity contribution is -0.497. The van der Waals surface area contributed by atoms with Gasteiger partial charge in [-0.15, -0.1) is 0 Å². The Balaban J connectivity index is 1.45. The molecule has 1 N–H and O–H groups in total. The van der Waals surface area contributed by atoms with Crippen LogP contribution in [0.5, 0.6) is 0 Å². The third-order valence-corrected chi connectivity index (χ3v) is 11.1. The molecule has 31 heavy (non-hydrogen) atoms. The van der Waals surface area contributed by atoms with Crippen molar-refractivity contribution in [2.75, 3.05) is 0 Å². The van der Waals surface area contributed by atoms with Gasteiger partial charge in [-0.1, -0.05) is 59.8 Å². The molecule has 2 heterocycles. The summed E-state index contributed by atoms with van der Waals surface area (Å²) in [6.07, 6.45) is 17.0. The minimum absolute atomic E-state index is 0.0663. The van der Waals surface area contributed by atoms with Crippen molar-refractivity contribution in [1.82, 2.24) is 0 Å². The van der Waals surface area contributed by atoms with E-state index in [4.69, 9.17) is 9.78 Å². The van der Waals surface area contributed by atoms with Crippen LogP contribution in [0.3, 0.4) is 0 Å². The average Bonchev–Trinajstić information content (AvgIpc) is 3.09. The van der Waals surface area contributed by atoms with E-state index >= 15 is 0 Å². The van der Waals surface area contributed by atoms with Gasteiger partial charge in [-0.05, 0) is 73.7 Å². The van der Waals surface area contributed by atoms with Gasteiger partial charge in [0.1, 0.15) is 11.2 Å². The summed E-state index contributed by atoms with van der Waals surface area (Å²) in [6.45, 7) is 14.4. The Labute approximate surface area is 189 Å². The van der Waals surface area contributed by atoms with E-state index in [0.29, 0.717) is 41.9 Å². The molecule has 3 saturated carbocycles. The van der Waals surface area contributed by atoms with Gasteiger partial charge in [0.05, 0.1) is 6.10 Å². The number of rotatable bonds is 4. The highest BCUT2D eigenvalue weighted by atomic mass is 17.2. The van der Waals surface area contributed by atoms with Crippen molar-refractivity contribution in [2.45, 2.75) is 104 Å². The number of hydrogen-bond acceptors (Lipinski definition) is 3. The molecule has 2 aliphatic heterocycles. The van der Waals surface area contributed by atoms with Crippen LogP contribution in [0.15, 0.2) is 24.3 Å². The van der Waals surface area contributed by atoms with Crippen LogP contribution in [0.4, 0.5) is 0 Å². The second-order valence-corrected chi connectivity index (χ2v) is 12.7. The van der Waals surface area contributed by atoms with E-state index in [2.05, 4.69) is 65.8 Å². The van der Waals surface area contributed by atoms with Crippen molar-refractivity contribution in [3.63, 3.8) is 0 Å². The summed E-state index contributed by atoms with van der Waals surface area (Å²) in [5, 5.41) is 10.4. The van der Waals surface area contributed by atoms with E-state index in [-0.39, 0.29) is 22.5 Å². The molecule has 0 aromatic rings. The quantitative estimate of drug-likeness (QED) is 0.412. The topological polar surface area (TPSA) is 38.7 Å². The molecule has 4 aliphatic carbocycles. The predicted octanol–water partition coefficient (Wildman–Crippen LogP) is 6.47. The summed E-state index contributed by atoms with van der Waals surface area (Å²) in [5.74, 6) is 3.64. The van der Waals surface area contributed by atoms with Gasteiger partial charge in [-0.2, -0.15) is 0 Å². The van der Waals surface area contributed by atoms with Crippen LogP contribution in [0.1, 0.15) is 86.5 Å². The lowest BCUT2D eigenvalue weighted by Crippen LogP contribution is -2.73. The molecule has 0 amide bonds. The van der Waals surface area contributed by atoms with Crippen LogP contribution in [0.25, 0.3) is 0 Å². The number of allylic oxidation sites excluding steroid dienone is 2. The van der Waals surface area contributed by atoms with Crippen LogP contribution in [-0.2, 0) is 9.78 Å². The first kappa shape index (κ1) is 22.2. The van der Waals surface area contributed by atoms with Gasteiger partial charge in [0.2, 0.25) is 0 Å². The van der Waals surface area contributed by atoms with Gasteiger partial charge in [0, 0.05) is 23.7 Å². The largest absolute Gasteiger partial charge is 0.393 e. The summed E-state index contributed by atoms with van der Waals surface area (Å²) in [6, 6.07) is 0. The lowest BCUT2D eigenvalue weighted by Gasteiger charge is -2.69. The zero-order valence-corrected chi connectivity index (χ0v) is 20.6. The van der Waals surface area contributed by atoms with Gasteiger partial charge >= 0.3 is 0 Å². The molecule has 0 radical (unpaired) electrons. The van der Waals surface area contributed by atoms with Gasteiger partial charge < -0.3 is 5.11 Å². The molecule has 4 fully saturated rings. The van der Waals surface area contributed by atoms with Crippen molar-refractivity contribution in [1.29, 1.82) is 0 Å². The standard InChI is InChI=1S/C28H44O3/c1-18(2)19(3)7-8-20(4)22-9-10-23-25(22,5)13-12-24-26(6)14-11-21(29)17-27(26)15-16-28(23,24)31-30-27/h7-8,15-16,18-24,29H,9-14,17H2,1-6H3/b8-7+/t19?,20-,21+,22-,23-,24-,25-,26-,27-,28+/m1/s1.